The number of carbonyl (C=O) groups is 2. The van der Waals surface area contributed by atoms with Crippen molar-refractivity contribution in [2.24, 2.45) is 0 Å². The quantitative estimate of drug-likeness (QED) is 0.325. The molecule has 6 heteroatoms. The zero-order valence-electron chi connectivity index (χ0n) is 18.1. The van der Waals surface area contributed by atoms with Gasteiger partial charge in [0.15, 0.2) is 0 Å². The first-order valence-corrected chi connectivity index (χ1v) is 10.3. The second-order valence-electron chi connectivity index (χ2n) is 7.09. The smallest absolute Gasteiger partial charge is 0.290 e. The van der Waals surface area contributed by atoms with Gasteiger partial charge < -0.3 is 19.5 Å². The molecular formula is C23H35NO5. The molecule has 0 aromatic heterocycles. The summed E-state index contributed by atoms with van der Waals surface area (Å²) in [4.78, 5) is 23.6. The molecule has 6 nitrogen and oxygen atoms in total. The van der Waals surface area contributed by atoms with Crippen LogP contribution in [0.25, 0.3) is 0 Å². The largest absolute Gasteiger partial charge is 0.497 e. The van der Waals surface area contributed by atoms with Crippen molar-refractivity contribution in [3.63, 3.8) is 0 Å². The van der Waals surface area contributed by atoms with Gasteiger partial charge in [0, 0.05) is 24.2 Å². The molecule has 29 heavy (non-hydrogen) atoms. The van der Waals surface area contributed by atoms with Crippen LogP contribution in [-0.4, -0.2) is 42.6 Å². The van der Waals surface area contributed by atoms with Crippen molar-refractivity contribution in [1.82, 2.24) is 4.90 Å². The van der Waals surface area contributed by atoms with Crippen molar-refractivity contribution >= 4 is 12.4 Å². The van der Waals surface area contributed by atoms with Gasteiger partial charge in [-0.3, -0.25) is 9.59 Å². The zero-order valence-corrected chi connectivity index (χ0v) is 18.1. The van der Waals surface area contributed by atoms with Crippen LogP contribution in [0.5, 0.6) is 11.5 Å². The van der Waals surface area contributed by atoms with Gasteiger partial charge in [-0.25, -0.2) is 0 Å². The minimum Gasteiger partial charge on any atom is -0.497 e. The first-order valence-electron chi connectivity index (χ1n) is 10.3. The van der Waals surface area contributed by atoms with Crippen LogP contribution in [-0.2, 0) is 16.1 Å². The lowest BCUT2D eigenvalue weighted by Gasteiger charge is -2.25. The van der Waals surface area contributed by atoms with E-state index in [-0.39, 0.29) is 12.4 Å². The summed E-state index contributed by atoms with van der Waals surface area (Å²) in [5, 5.41) is 6.89. The van der Waals surface area contributed by atoms with Crippen molar-refractivity contribution in [1.29, 1.82) is 0 Å². The number of rotatable bonds is 11. The van der Waals surface area contributed by atoms with E-state index in [0.29, 0.717) is 12.6 Å². The van der Waals surface area contributed by atoms with E-state index < -0.39 is 0 Å². The molecule has 0 radical (unpaired) electrons. The molecule has 0 saturated heterocycles. The number of carboxylic acid groups (broad SMARTS) is 1. The van der Waals surface area contributed by atoms with Gasteiger partial charge >= 0.3 is 0 Å². The Bertz CT molecular complexity index is 645. The Labute approximate surface area is 174 Å². The number of hydrogen-bond acceptors (Lipinski definition) is 4. The van der Waals surface area contributed by atoms with Crippen molar-refractivity contribution in [2.75, 3.05) is 14.2 Å². The monoisotopic (exact) mass is 405 g/mol. The Morgan fingerprint density at radius 1 is 1.14 bits per heavy atom. The second kappa shape index (κ2) is 13.6. The number of carbonyl (C=O) groups excluding carboxylic acids is 1. The first kappa shape index (κ1) is 24.5. The highest BCUT2D eigenvalue weighted by Gasteiger charge is 2.33. The fourth-order valence-electron chi connectivity index (χ4n) is 3.20. The highest BCUT2D eigenvalue weighted by molar-refractivity contribution is 5.93. The van der Waals surface area contributed by atoms with E-state index in [9.17, 15) is 4.79 Å². The summed E-state index contributed by atoms with van der Waals surface area (Å²) in [6, 6.07) is 6.21. The summed E-state index contributed by atoms with van der Waals surface area (Å²) in [6.07, 6.45) is 9.51. The van der Waals surface area contributed by atoms with Crippen LogP contribution < -0.4 is 9.47 Å². The third-order valence-electron chi connectivity index (χ3n) is 4.79. The third-order valence-corrected chi connectivity index (χ3v) is 4.79. The minimum absolute atomic E-state index is 0.201. The molecule has 0 atom stereocenters. The average Bonchev–Trinajstić information content (AvgIpc) is 3.56. The summed E-state index contributed by atoms with van der Waals surface area (Å²) in [5.74, 6) is 1.72. The van der Waals surface area contributed by atoms with Gasteiger partial charge in [0.2, 0.25) is 5.91 Å². The van der Waals surface area contributed by atoms with Crippen LogP contribution >= 0.6 is 0 Å². The number of hydrogen-bond donors (Lipinski definition) is 1. The van der Waals surface area contributed by atoms with Gasteiger partial charge in [0.05, 0.1) is 14.2 Å². The number of nitrogens with zero attached hydrogens (tertiary/aromatic N) is 1. The van der Waals surface area contributed by atoms with Crippen molar-refractivity contribution < 1.29 is 24.2 Å². The molecule has 1 aliphatic rings. The normalized spacial score (nSPS) is 13.2. The topological polar surface area (TPSA) is 76.1 Å². The lowest BCUT2D eigenvalue weighted by Crippen LogP contribution is -2.33. The zero-order chi connectivity index (χ0) is 21.6. The van der Waals surface area contributed by atoms with Crippen LogP contribution in [0.1, 0.15) is 64.4 Å². The summed E-state index contributed by atoms with van der Waals surface area (Å²) >= 11 is 0. The van der Waals surface area contributed by atoms with E-state index in [4.69, 9.17) is 19.4 Å². The average molecular weight is 406 g/mol. The Hall–Kier alpha value is -2.50. The molecule has 1 fully saturated rings. The van der Waals surface area contributed by atoms with Crippen LogP contribution in [0.15, 0.2) is 29.8 Å². The number of amides is 1. The SMILES string of the molecule is CCC=C(CCCCC)C(=O)N(Cc1cc(OC)cc(OC)c1)C1CC1.O=CO. The van der Waals surface area contributed by atoms with Crippen LogP contribution in [0, 0.1) is 0 Å². The molecule has 0 heterocycles. The lowest BCUT2D eigenvalue weighted by molar-refractivity contribution is -0.128. The number of allylic oxidation sites excluding steroid dienone is 1. The molecule has 1 saturated carbocycles. The Balaban J connectivity index is 0.00000132. The maximum atomic E-state index is 13.2. The van der Waals surface area contributed by atoms with E-state index in [2.05, 4.69) is 19.9 Å². The molecular weight excluding hydrogens is 370 g/mol. The Morgan fingerprint density at radius 3 is 2.17 bits per heavy atom. The van der Waals surface area contributed by atoms with Crippen LogP contribution in [0.4, 0.5) is 0 Å². The molecule has 1 N–H and O–H groups in total. The van der Waals surface area contributed by atoms with E-state index in [1.54, 1.807) is 14.2 Å². The molecule has 0 bridgehead atoms. The minimum atomic E-state index is -0.250. The van der Waals surface area contributed by atoms with Crippen LogP contribution in [0.2, 0.25) is 0 Å². The van der Waals surface area contributed by atoms with Crippen molar-refractivity contribution in [3.05, 3.63) is 35.4 Å². The Morgan fingerprint density at radius 2 is 1.72 bits per heavy atom. The summed E-state index contributed by atoms with van der Waals surface area (Å²) < 4.78 is 10.7. The van der Waals surface area contributed by atoms with Crippen molar-refractivity contribution in [3.8, 4) is 11.5 Å². The van der Waals surface area contributed by atoms with Gasteiger partial charge in [-0.1, -0.05) is 32.8 Å². The summed E-state index contributed by atoms with van der Waals surface area (Å²) in [7, 11) is 3.30. The van der Waals surface area contributed by atoms with Gasteiger partial charge in [0.25, 0.3) is 6.47 Å². The van der Waals surface area contributed by atoms with E-state index in [0.717, 1.165) is 54.7 Å². The fraction of sp³-hybridized carbons (Fsp3) is 0.565. The first-order chi connectivity index (χ1) is 14.0. The van der Waals surface area contributed by atoms with E-state index in [1.807, 2.05) is 23.1 Å². The Kier molecular flexibility index (Phi) is 11.5. The predicted molar refractivity (Wildman–Crippen MR) is 114 cm³/mol. The highest BCUT2D eigenvalue weighted by atomic mass is 16.5. The number of unbranched alkanes of at least 4 members (excludes halogenated alkanes) is 2. The molecule has 1 amide bonds. The van der Waals surface area contributed by atoms with E-state index >= 15 is 0 Å². The molecule has 2 rings (SSSR count). The molecule has 0 spiro atoms. The summed E-state index contributed by atoms with van der Waals surface area (Å²) in [5.41, 5.74) is 2.02. The highest BCUT2D eigenvalue weighted by Crippen LogP contribution is 2.32. The number of benzene rings is 1. The van der Waals surface area contributed by atoms with E-state index in [1.165, 1.54) is 12.8 Å². The van der Waals surface area contributed by atoms with Gasteiger partial charge in [-0.15, -0.1) is 0 Å². The molecule has 1 aromatic carbocycles. The molecule has 1 aliphatic carbocycles. The maximum absolute atomic E-state index is 13.2. The standard InChI is InChI=1S/C22H33NO3.CH2O2/c1-5-7-8-10-18(9-6-2)22(24)23(19-11-12-19)16-17-13-20(25-3)15-21(14-17)26-4;2-1-3/h9,13-15,19H,5-8,10-12,16H2,1-4H3;1H,(H,2,3). The maximum Gasteiger partial charge on any atom is 0.290 e. The lowest BCUT2D eigenvalue weighted by atomic mass is 10.0. The van der Waals surface area contributed by atoms with Crippen LogP contribution in [0.3, 0.4) is 0 Å². The molecule has 0 aliphatic heterocycles. The fourth-order valence-corrected chi connectivity index (χ4v) is 3.20. The van der Waals surface area contributed by atoms with Gasteiger partial charge in [0.1, 0.15) is 11.5 Å². The van der Waals surface area contributed by atoms with Gasteiger partial charge in [-0.05, 0) is 49.8 Å². The predicted octanol–water partition coefficient (Wildman–Crippen LogP) is 4.81. The third kappa shape index (κ3) is 8.59. The number of methoxy groups -OCH3 is 2. The number of ether oxygens (including phenoxy) is 2. The van der Waals surface area contributed by atoms with Gasteiger partial charge in [-0.2, -0.15) is 0 Å². The molecule has 162 valence electrons. The summed E-state index contributed by atoms with van der Waals surface area (Å²) in [6.45, 7) is 4.64. The second-order valence-corrected chi connectivity index (χ2v) is 7.09. The van der Waals surface area contributed by atoms with Crippen molar-refractivity contribution in [2.45, 2.75) is 71.4 Å². The molecule has 1 aromatic rings. The molecule has 0 unspecified atom stereocenters.